The molecule has 1 aromatic carbocycles. The van der Waals surface area contributed by atoms with Gasteiger partial charge in [-0.15, -0.1) is 13.2 Å². The highest BCUT2D eigenvalue weighted by Crippen LogP contribution is 2.61. The van der Waals surface area contributed by atoms with Gasteiger partial charge in [0.25, 0.3) is 0 Å². The molecule has 0 saturated carbocycles. The zero-order valence-electron chi connectivity index (χ0n) is 30.7. The standard InChI is InChI=1S/C39H56BrN3O8/c1-8-11-18-30(45)41-29(23-49-7)33(26-16-13-12-14-17-26)50-38(48)31-32-36(46)43(27(22-44)20-24(4)5)35(39(32)21-28(40)34(31)51-39)37(47)42(19-10-3)25(6)15-9-2/h8,10,12-14,16-17,24-25,27-29,31-35,44H,1,3,9,11,15,18-23H2,2,4-7H3,(H,41,45)/t25?,27-,28?,29-,31+,32-,33-,34+,35+,39-/m1/s1. The van der Waals surface area contributed by atoms with Crippen molar-refractivity contribution >= 4 is 39.6 Å². The molecular weight excluding hydrogens is 718 g/mol. The molecule has 282 valence electrons. The van der Waals surface area contributed by atoms with Gasteiger partial charge in [0.05, 0.1) is 43.2 Å². The van der Waals surface area contributed by atoms with E-state index in [1.165, 1.54) is 12.0 Å². The molecule has 3 amide bonds. The quantitative estimate of drug-likeness (QED) is 0.111. The molecule has 2 N–H and O–H groups in total. The second-order valence-electron chi connectivity index (χ2n) is 14.5. The number of esters is 1. The summed E-state index contributed by atoms with van der Waals surface area (Å²) >= 11 is 3.75. The summed E-state index contributed by atoms with van der Waals surface area (Å²) in [7, 11) is 1.50. The van der Waals surface area contributed by atoms with Crippen LogP contribution in [0.15, 0.2) is 55.6 Å². The van der Waals surface area contributed by atoms with Crippen LogP contribution in [0.1, 0.15) is 77.9 Å². The van der Waals surface area contributed by atoms with Crippen LogP contribution < -0.4 is 5.32 Å². The van der Waals surface area contributed by atoms with Crippen LogP contribution in [0.3, 0.4) is 0 Å². The normalized spacial score (nSPS) is 27.4. The van der Waals surface area contributed by atoms with Gasteiger partial charge in [-0.25, -0.2) is 0 Å². The number of carbonyl (C=O) groups is 4. The lowest BCUT2D eigenvalue weighted by Crippen LogP contribution is -2.60. The fourth-order valence-corrected chi connectivity index (χ4v) is 9.25. The van der Waals surface area contributed by atoms with Crippen molar-refractivity contribution in [2.75, 3.05) is 26.9 Å². The van der Waals surface area contributed by atoms with Gasteiger partial charge < -0.3 is 34.4 Å². The van der Waals surface area contributed by atoms with Crippen LogP contribution >= 0.6 is 15.9 Å². The van der Waals surface area contributed by atoms with Gasteiger partial charge >= 0.3 is 5.97 Å². The van der Waals surface area contributed by atoms with E-state index in [9.17, 15) is 24.3 Å². The highest BCUT2D eigenvalue weighted by atomic mass is 79.9. The van der Waals surface area contributed by atoms with Crippen molar-refractivity contribution in [2.24, 2.45) is 17.8 Å². The molecule has 1 spiro atoms. The number of likely N-dealkylation sites (tertiary alicyclic amines) is 1. The number of nitrogens with zero attached hydrogens (tertiary/aromatic N) is 2. The number of aliphatic hydroxyl groups excluding tert-OH is 1. The number of amides is 3. The molecule has 3 saturated heterocycles. The summed E-state index contributed by atoms with van der Waals surface area (Å²) in [6.07, 6.45) is 4.69. The van der Waals surface area contributed by atoms with E-state index in [0.29, 0.717) is 24.8 Å². The lowest BCUT2D eigenvalue weighted by molar-refractivity contribution is -0.163. The van der Waals surface area contributed by atoms with E-state index in [2.05, 4.69) is 41.3 Å². The summed E-state index contributed by atoms with van der Waals surface area (Å²) in [6, 6.07) is 6.47. The van der Waals surface area contributed by atoms with Crippen LogP contribution in [-0.4, -0.2) is 106 Å². The minimum atomic E-state index is -1.33. The van der Waals surface area contributed by atoms with Crippen molar-refractivity contribution in [1.82, 2.24) is 15.1 Å². The van der Waals surface area contributed by atoms with Gasteiger partial charge in [-0.1, -0.05) is 85.6 Å². The lowest BCUT2D eigenvalue weighted by Gasteiger charge is -2.41. The monoisotopic (exact) mass is 773 g/mol. The predicted octanol–water partition coefficient (Wildman–Crippen LogP) is 4.73. The Kier molecular flexibility index (Phi) is 14.5. The molecule has 0 radical (unpaired) electrons. The van der Waals surface area contributed by atoms with Crippen molar-refractivity contribution in [1.29, 1.82) is 0 Å². The molecule has 2 unspecified atom stereocenters. The third-order valence-corrected chi connectivity index (χ3v) is 11.3. The average Bonchev–Trinajstić information content (AvgIpc) is 3.70. The van der Waals surface area contributed by atoms with Gasteiger partial charge in [0, 0.05) is 30.9 Å². The minimum absolute atomic E-state index is 0.0530. The van der Waals surface area contributed by atoms with Crippen LogP contribution in [0.4, 0.5) is 0 Å². The summed E-state index contributed by atoms with van der Waals surface area (Å²) in [5.74, 6) is -3.57. The van der Waals surface area contributed by atoms with E-state index in [0.717, 1.165) is 12.8 Å². The maximum atomic E-state index is 14.9. The van der Waals surface area contributed by atoms with Crippen LogP contribution in [0, 0.1) is 17.8 Å². The number of hydrogen-bond acceptors (Lipinski definition) is 8. The number of aliphatic hydroxyl groups is 1. The molecule has 2 bridgehead atoms. The van der Waals surface area contributed by atoms with Crippen molar-refractivity contribution in [3.63, 3.8) is 0 Å². The maximum absolute atomic E-state index is 14.9. The van der Waals surface area contributed by atoms with Gasteiger partial charge in [-0.3, -0.25) is 19.2 Å². The number of fused-ring (bicyclic) bond motifs is 1. The molecule has 3 aliphatic heterocycles. The Morgan fingerprint density at radius 1 is 1.20 bits per heavy atom. The Morgan fingerprint density at radius 3 is 2.49 bits per heavy atom. The first-order valence-corrected chi connectivity index (χ1v) is 19.1. The van der Waals surface area contributed by atoms with E-state index in [4.69, 9.17) is 14.2 Å². The van der Waals surface area contributed by atoms with E-state index in [1.54, 1.807) is 17.1 Å². The molecule has 3 heterocycles. The minimum Gasteiger partial charge on any atom is -0.455 e. The number of benzene rings is 1. The molecule has 3 fully saturated rings. The molecule has 1 aromatic rings. The first-order valence-electron chi connectivity index (χ1n) is 18.2. The van der Waals surface area contributed by atoms with E-state index >= 15 is 0 Å². The van der Waals surface area contributed by atoms with Crippen molar-refractivity contribution in [3.05, 3.63) is 61.2 Å². The fourth-order valence-electron chi connectivity index (χ4n) is 8.31. The van der Waals surface area contributed by atoms with Gasteiger partial charge in [-0.05, 0) is 44.1 Å². The van der Waals surface area contributed by atoms with Crippen molar-refractivity contribution in [3.8, 4) is 0 Å². The maximum Gasteiger partial charge on any atom is 0.313 e. The first kappa shape index (κ1) is 40.7. The smallest absolute Gasteiger partial charge is 0.313 e. The summed E-state index contributed by atoms with van der Waals surface area (Å²) < 4.78 is 18.6. The van der Waals surface area contributed by atoms with Crippen LogP contribution in [0.5, 0.6) is 0 Å². The highest BCUT2D eigenvalue weighted by molar-refractivity contribution is 9.09. The number of hydrogen-bond donors (Lipinski definition) is 2. The Labute approximate surface area is 311 Å². The Morgan fingerprint density at radius 2 is 1.90 bits per heavy atom. The molecule has 3 aliphatic rings. The van der Waals surface area contributed by atoms with Crippen LogP contribution in [0.2, 0.25) is 0 Å². The number of methoxy groups -OCH3 is 1. The zero-order chi connectivity index (χ0) is 37.5. The highest BCUT2D eigenvalue weighted by Gasteiger charge is 2.77. The molecule has 51 heavy (non-hydrogen) atoms. The largest absolute Gasteiger partial charge is 0.455 e. The molecule has 0 aromatic heterocycles. The average molecular weight is 775 g/mol. The molecule has 4 rings (SSSR count). The number of carbonyl (C=O) groups excluding carboxylic acids is 4. The Balaban J connectivity index is 1.78. The first-order chi connectivity index (χ1) is 24.4. The van der Waals surface area contributed by atoms with Gasteiger partial charge in [0.2, 0.25) is 17.7 Å². The molecule has 0 aliphatic carbocycles. The summed E-state index contributed by atoms with van der Waals surface area (Å²) in [5, 5.41) is 13.7. The Bertz CT molecular complexity index is 1390. The summed E-state index contributed by atoms with van der Waals surface area (Å²) in [5.41, 5.74) is -0.694. The SMILES string of the molecule is C=CCCC(=O)N[C@H](COC)[C@H](OC(=O)[C@@H]1[C@H]2O[C@@]3(CC2Br)[C@H](C(=O)N(CC=C)C(C)CCC)N([C@@H](CO)CC(C)C)C(=O)[C@@H]13)c1ccccc1. The molecule has 10 atom stereocenters. The second-order valence-corrected chi connectivity index (χ2v) is 15.7. The Hall–Kier alpha value is -3.06. The summed E-state index contributed by atoms with van der Waals surface area (Å²) in [6.45, 7) is 15.6. The van der Waals surface area contributed by atoms with E-state index in [-0.39, 0.29) is 54.8 Å². The molecule has 12 heteroatoms. The van der Waals surface area contributed by atoms with Gasteiger partial charge in [-0.2, -0.15) is 0 Å². The van der Waals surface area contributed by atoms with Gasteiger partial charge in [0.1, 0.15) is 17.7 Å². The van der Waals surface area contributed by atoms with E-state index in [1.807, 2.05) is 51.1 Å². The number of allylic oxidation sites excluding steroid dienone is 1. The molecule has 11 nitrogen and oxygen atoms in total. The van der Waals surface area contributed by atoms with Crippen LogP contribution in [-0.2, 0) is 33.4 Å². The number of nitrogens with one attached hydrogen (secondary N) is 1. The number of ether oxygens (including phenoxy) is 3. The second kappa shape index (κ2) is 18.1. The number of rotatable bonds is 20. The van der Waals surface area contributed by atoms with E-state index < -0.39 is 59.6 Å². The van der Waals surface area contributed by atoms with Crippen LogP contribution in [0.25, 0.3) is 0 Å². The topological polar surface area (TPSA) is 135 Å². The predicted molar refractivity (Wildman–Crippen MR) is 198 cm³/mol. The third-order valence-electron chi connectivity index (χ3n) is 10.4. The number of halogens is 1. The lowest BCUT2D eigenvalue weighted by atomic mass is 9.70. The fraction of sp³-hybridized carbons (Fsp3) is 0.641. The van der Waals surface area contributed by atoms with Crippen molar-refractivity contribution in [2.45, 2.75) is 113 Å². The number of alkyl halides is 1. The zero-order valence-corrected chi connectivity index (χ0v) is 32.3. The third kappa shape index (κ3) is 8.45. The van der Waals surface area contributed by atoms with Crippen molar-refractivity contribution < 1.29 is 38.5 Å². The molecular formula is C39H56BrN3O8. The van der Waals surface area contributed by atoms with Gasteiger partial charge in [0.15, 0.2) is 0 Å². The summed E-state index contributed by atoms with van der Waals surface area (Å²) in [4.78, 5) is 60.1.